The number of aliphatic hydroxyl groups excluding tert-OH is 1. The molecule has 1 atom stereocenters. The van der Waals surface area contributed by atoms with Gasteiger partial charge >= 0.3 is 0 Å². The minimum Gasteiger partial charge on any atom is -0.398 e. The monoisotopic (exact) mass is 314 g/mol. The molecule has 0 amide bonds. The van der Waals surface area contributed by atoms with Gasteiger partial charge in [0.1, 0.15) is 0 Å². The van der Waals surface area contributed by atoms with Gasteiger partial charge in [-0.1, -0.05) is 26.3 Å². The van der Waals surface area contributed by atoms with Crippen molar-refractivity contribution in [3.8, 4) is 0 Å². The molecule has 120 valence electrons. The fourth-order valence-electron chi connectivity index (χ4n) is 2.31. The predicted octanol–water partition coefficient (Wildman–Crippen LogP) is 1.91. The second-order valence-corrected chi connectivity index (χ2v) is 7.00. The Morgan fingerprint density at radius 3 is 2.52 bits per heavy atom. The summed E-state index contributed by atoms with van der Waals surface area (Å²) in [7, 11) is -3.55. The van der Waals surface area contributed by atoms with E-state index >= 15 is 0 Å². The van der Waals surface area contributed by atoms with E-state index in [0.717, 1.165) is 24.8 Å². The summed E-state index contributed by atoms with van der Waals surface area (Å²) in [6, 6.07) is 4.83. The molecule has 0 bridgehead atoms. The Morgan fingerprint density at radius 2 is 2.00 bits per heavy atom. The van der Waals surface area contributed by atoms with Crippen LogP contribution in [0, 0.1) is 5.92 Å². The van der Waals surface area contributed by atoms with E-state index in [0.29, 0.717) is 18.7 Å². The van der Waals surface area contributed by atoms with E-state index in [9.17, 15) is 8.42 Å². The number of hydrogen-bond donors (Lipinski definition) is 3. The second kappa shape index (κ2) is 8.36. The van der Waals surface area contributed by atoms with Crippen molar-refractivity contribution in [1.29, 1.82) is 0 Å². The summed E-state index contributed by atoms with van der Waals surface area (Å²) in [5, 5.41) is 9.01. The smallest absolute Gasteiger partial charge is 0.240 e. The number of anilines is 1. The van der Waals surface area contributed by atoms with E-state index < -0.39 is 10.0 Å². The number of benzene rings is 1. The summed E-state index contributed by atoms with van der Waals surface area (Å²) in [5.74, 6) is 0.155. The van der Waals surface area contributed by atoms with E-state index in [-0.39, 0.29) is 17.4 Å². The quantitative estimate of drug-likeness (QED) is 0.607. The normalized spacial score (nSPS) is 13.3. The topological polar surface area (TPSA) is 92.4 Å². The molecule has 0 aliphatic rings. The van der Waals surface area contributed by atoms with Crippen LogP contribution in [0.3, 0.4) is 0 Å². The number of nitrogens with two attached hydrogens (primary N) is 1. The molecular formula is C15H26N2O3S. The van der Waals surface area contributed by atoms with Crippen LogP contribution in [-0.2, 0) is 16.4 Å². The molecule has 0 spiro atoms. The van der Waals surface area contributed by atoms with Crippen molar-refractivity contribution in [2.75, 3.05) is 18.9 Å². The van der Waals surface area contributed by atoms with Crippen molar-refractivity contribution in [3.63, 3.8) is 0 Å². The Labute approximate surface area is 127 Å². The maximum atomic E-state index is 12.3. The van der Waals surface area contributed by atoms with Crippen molar-refractivity contribution >= 4 is 15.7 Å². The van der Waals surface area contributed by atoms with Crippen molar-refractivity contribution in [1.82, 2.24) is 4.72 Å². The van der Waals surface area contributed by atoms with Gasteiger partial charge in [-0.3, -0.25) is 0 Å². The molecule has 4 N–H and O–H groups in total. The first-order chi connectivity index (χ1) is 9.94. The molecule has 0 saturated carbocycles. The average Bonchev–Trinajstić information content (AvgIpc) is 2.45. The van der Waals surface area contributed by atoms with Crippen LogP contribution in [0.1, 0.15) is 38.7 Å². The highest BCUT2D eigenvalue weighted by molar-refractivity contribution is 7.89. The first-order valence-electron chi connectivity index (χ1n) is 7.43. The largest absolute Gasteiger partial charge is 0.398 e. The van der Waals surface area contributed by atoms with Crippen LogP contribution in [0.4, 0.5) is 5.69 Å². The fraction of sp³-hybridized carbons (Fsp3) is 0.600. The molecule has 0 aromatic heterocycles. The average molecular weight is 314 g/mol. The molecule has 21 heavy (non-hydrogen) atoms. The number of nitrogens with one attached hydrogen (secondary N) is 1. The number of aryl methyl sites for hydroxylation is 1. The van der Waals surface area contributed by atoms with Gasteiger partial charge in [0.25, 0.3) is 0 Å². The van der Waals surface area contributed by atoms with Gasteiger partial charge in [-0.05, 0) is 42.9 Å². The number of sulfonamides is 1. The number of aliphatic hydroxyl groups is 1. The van der Waals surface area contributed by atoms with Gasteiger partial charge < -0.3 is 10.8 Å². The highest BCUT2D eigenvalue weighted by atomic mass is 32.2. The van der Waals surface area contributed by atoms with Crippen LogP contribution < -0.4 is 10.5 Å². The Kier molecular flexibility index (Phi) is 7.14. The van der Waals surface area contributed by atoms with Crippen LogP contribution in [0.25, 0.3) is 0 Å². The van der Waals surface area contributed by atoms with E-state index in [2.05, 4.69) is 4.72 Å². The lowest BCUT2D eigenvalue weighted by Gasteiger charge is -2.16. The van der Waals surface area contributed by atoms with E-state index in [1.807, 2.05) is 13.8 Å². The third-order valence-electron chi connectivity index (χ3n) is 3.60. The van der Waals surface area contributed by atoms with Gasteiger partial charge in [-0.2, -0.15) is 0 Å². The molecule has 1 aromatic rings. The first kappa shape index (κ1) is 17.9. The lowest BCUT2D eigenvalue weighted by molar-refractivity contribution is 0.251. The third kappa shape index (κ3) is 5.30. The van der Waals surface area contributed by atoms with Crippen LogP contribution >= 0.6 is 0 Å². The second-order valence-electron chi connectivity index (χ2n) is 5.23. The summed E-state index contributed by atoms with van der Waals surface area (Å²) in [4.78, 5) is 0.191. The van der Waals surface area contributed by atoms with Gasteiger partial charge in [0.2, 0.25) is 10.0 Å². The van der Waals surface area contributed by atoms with Gasteiger partial charge in [0.15, 0.2) is 0 Å². The van der Waals surface area contributed by atoms with Crippen molar-refractivity contribution in [2.45, 2.75) is 44.4 Å². The zero-order valence-electron chi connectivity index (χ0n) is 12.8. The zero-order valence-corrected chi connectivity index (χ0v) is 13.6. The molecule has 0 fully saturated rings. The molecule has 5 nitrogen and oxygen atoms in total. The fourth-order valence-corrected chi connectivity index (χ4v) is 3.46. The lowest BCUT2D eigenvalue weighted by atomic mass is 10.0. The van der Waals surface area contributed by atoms with Crippen molar-refractivity contribution in [2.24, 2.45) is 5.92 Å². The summed E-state index contributed by atoms with van der Waals surface area (Å²) in [6.45, 7) is 4.43. The molecule has 1 unspecified atom stereocenters. The van der Waals surface area contributed by atoms with Crippen molar-refractivity contribution in [3.05, 3.63) is 23.8 Å². The van der Waals surface area contributed by atoms with Crippen LogP contribution in [0.15, 0.2) is 23.1 Å². The summed E-state index contributed by atoms with van der Waals surface area (Å²) >= 11 is 0. The molecule has 0 aliphatic heterocycles. The van der Waals surface area contributed by atoms with Crippen LogP contribution in [-0.4, -0.2) is 26.7 Å². The maximum absolute atomic E-state index is 12.3. The lowest BCUT2D eigenvalue weighted by Crippen LogP contribution is -2.30. The molecule has 1 rings (SSSR count). The van der Waals surface area contributed by atoms with Gasteiger partial charge in [-0.15, -0.1) is 0 Å². The summed E-state index contributed by atoms with van der Waals surface area (Å²) in [5.41, 5.74) is 7.30. The highest BCUT2D eigenvalue weighted by Gasteiger charge is 2.17. The van der Waals surface area contributed by atoms with Gasteiger partial charge in [0.05, 0.1) is 4.90 Å². The molecule has 0 heterocycles. The number of hydrogen-bond acceptors (Lipinski definition) is 4. The Morgan fingerprint density at radius 1 is 1.29 bits per heavy atom. The zero-order chi connectivity index (χ0) is 15.9. The first-order valence-corrected chi connectivity index (χ1v) is 8.91. The molecule has 6 heteroatoms. The Hall–Kier alpha value is -1.11. The molecule has 0 aliphatic carbocycles. The van der Waals surface area contributed by atoms with Crippen LogP contribution in [0.5, 0.6) is 0 Å². The minimum absolute atomic E-state index is 0.0739. The molecular weight excluding hydrogens is 288 g/mol. The van der Waals surface area contributed by atoms with E-state index in [4.69, 9.17) is 10.8 Å². The third-order valence-corrected chi connectivity index (χ3v) is 5.03. The Balaban J connectivity index is 2.79. The SMILES string of the molecule is CCCC(CCO)CNS(=O)(=O)c1ccc(CC)c(N)c1. The molecule has 0 saturated heterocycles. The summed E-state index contributed by atoms with van der Waals surface area (Å²) in [6.07, 6.45) is 3.23. The van der Waals surface area contributed by atoms with E-state index in [1.165, 1.54) is 6.07 Å². The molecule has 0 radical (unpaired) electrons. The van der Waals surface area contributed by atoms with Crippen molar-refractivity contribution < 1.29 is 13.5 Å². The number of rotatable bonds is 9. The predicted molar refractivity (Wildman–Crippen MR) is 85.5 cm³/mol. The summed E-state index contributed by atoms with van der Waals surface area (Å²) < 4.78 is 27.2. The highest BCUT2D eigenvalue weighted by Crippen LogP contribution is 2.19. The minimum atomic E-state index is -3.55. The maximum Gasteiger partial charge on any atom is 0.240 e. The molecule has 1 aromatic carbocycles. The van der Waals surface area contributed by atoms with Gasteiger partial charge in [0, 0.05) is 18.8 Å². The Bertz CT molecular complexity index is 538. The number of nitrogen functional groups attached to an aromatic ring is 1. The standard InChI is InChI=1S/C15H26N2O3S/c1-3-5-12(8-9-18)11-17-21(19,20)14-7-6-13(4-2)15(16)10-14/h6-7,10,12,17-18H,3-5,8-9,11,16H2,1-2H3. The van der Waals surface area contributed by atoms with Crippen LogP contribution in [0.2, 0.25) is 0 Å². The van der Waals surface area contributed by atoms with E-state index in [1.54, 1.807) is 12.1 Å². The van der Waals surface area contributed by atoms with Gasteiger partial charge in [-0.25, -0.2) is 13.1 Å².